The van der Waals surface area contributed by atoms with Gasteiger partial charge in [-0.15, -0.1) is 6.58 Å². The lowest BCUT2D eigenvalue weighted by atomic mass is 10.1. The monoisotopic (exact) mass is 402 g/mol. The molecule has 0 fully saturated rings. The van der Waals surface area contributed by atoms with Crippen molar-refractivity contribution in [3.63, 3.8) is 0 Å². The number of amides is 1. The highest BCUT2D eigenvalue weighted by molar-refractivity contribution is 7.89. The van der Waals surface area contributed by atoms with Gasteiger partial charge >= 0.3 is 5.97 Å². The van der Waals surface area contributed by atoms with Crippen molar-refractivity contribution in [3.05, 3.63) is 41.9 Å². The summed E-state index contributed by atoms with van der Waals surface area (Å²) in [5.41, 5.74) is 0. The van der Waals surface area contributed by atoms with E-state index >= 15 is 0 Å². The van der Waals surface area contributed by atoms with E-state index in [1.165, 1.54) is 37.3 Å². The zero-order valence-electron chi connectivity index (χ0n) is 14.9. The van der Waals surface area contributed by atoms with Crippen LogP contribution in [0.2, 0.25) is 5.02 Å². The van der Waals surface area contributed by atoms with Gasteiger partial charge in [0.05, 0.1) is 4.90 Å². The van der Waals surface area contributed by atoms with E-state index in [-0.39, 0.29) is 11.4 Å². The van der Waals surface area contributed by atoms with Gasteiger partial charge in [-0.1, -0.05) is 31.5 Å². The van der Waals surface area contributed by atoms with Crippen LogP contribution in [-0.4, -0.2) is 39.0 Å². The molecule has 2 atom stereocenters. The number of esters is 1. The summed E-state index contributed by atoms with van der Waals surface area (Å²) in [6.07, 6.45) is 0.424. The van der Waals surface area contributed by atoms with Gasteiger partial charge in [0.1, 0.15) is 6.04 Å². The Hall–Kier alpha value is -1.90. The second kappa shape index (κ2) is 9.70. The highest BCUT2D eigenvalue weighted by Gasteiger charge is 2.31. The Labute approximate surface area is 158 Å². The third kappa shape index (κ3) is 6.44. The van der Waals surface area contributed by atoms with Gasteiger partial charge in [-0.25, -0.2) is 8.42 Å². The Morgan fingerprint density at radius 2 is 1.81 bits per heavy atom. The molecule has 0 saturated heterocycles. The summed E-state index contributed by atoms with van der Waals surface area (Å²) in [5, 5.41) is 2.89. The maximum absolute atomic E-state index is 12.5. The number of halogens is 1. The molecule has 0 aliphatic heterocycles. The molecule has 1 amide bonds. The molecule has 0 radical (unpaired) electrons. The fraction of sp³-hybridized carbons (Fsp3) is 0.412. The molecule has 9 heteroatoms. The van der Waals surface area contributed by atoms with Gasteiger partial charge in [0.2, 0.25) is 10.0 Å². The fourth-order valence-electron chi connectivity index (χ4n) is 1.92. The average Bonchev–Trinajstić information content (AvgIpc) is 2.57. The summed E-state index contributed by atoms with van der Waals surface area (Å²) < 4.78 is 32.4. The van der Waals surface area contributed by atoms with E-state index in [1.807, 2.05) is 0 Å². The number of hydrogen-bond acceptors (Lipinski definition) is 5. The number of ether oxygens (including phenoxy) is 1. The Morgan fingerprint density at radius 3 is 2.31 bits per heavy atom. The van der Waals surface area contributed by atoms with Crippen molar-refractivity contribution in [3.8, 4) is 0 Å². The van der Waals surface area contributed by atoms with Crippen LogP contribution >= 0.6 is 11.6 Å². The number of sulfonamides is 1. The molecule has 0 aromatic heterocycles. The Morgan fingerprint density at radius 1 is 1.23 bits per heavy atom. The van der Waals surface area contributed by atoms with Crippen molar-refractivity contribution < 1.29 is 22.7 Å². The molecule has 0 unspecified atom stereocenters. The van der Waals surface area contributed by atoms with Crippen molar-refractivity contribution in [2.45, 2.75) is 37.8 Å². The van der Waals surface area contributed by atoms with E-state index in [1.54, 1.807) is 13.8 Å². The normalized spacial score (nSPS) is 13.7. The molecular weight excluding hydrogens is 380 g/mol. The highest BCUT2D eigenvalue weighted by atomic mass is 35.5. The van der Waals surface area contributed by atoms with Gasteiger partial charge in [-0.3, -0.25) is 9.59 Å². The van der Waals surface area contributed by atoms with Crippen molar-refractivity contribution in [2.75, 3.05) is 6.54 Å². The molecule has 7 nitrogen and oxygen atoms in total. The second-order valence-corrected chi connectivity index (χ2v) is 8.06. The number of nitrogens with one attached hydrogen (secondary N) is 2. The van der Waals surface area contributed by atoms with Gasteiger partial charge < -0.3 is 10.1 Å². The van der Waals surface area contributed by atoms with Crippen LogP contribution in [0.15, 0.2) is 41.8 Å². The molecule has 0 spiro atoms. The van der Waals surface area contributed by atoms with Gasteiger partial charge in [-0.2, -0.15) is 4.72 Å². The summed E-state index contributed by atoms with van der Waals surface area (Å²) in [7, 11) is -3.96. The number of benzene rings is 1. The predicted octanol–water partition coefficient (Wildman–Crippen LogP) is 1.88. The molecule has 2 N–H and O–H groups in total. The standard InChI is InChI=1S/C17H23ClN2O5S/c1-5-10-19-16(21)12(4)25-17(22)15(11(2)3)20-26(23,24)14-8-6-13(18)7-9-14/h5-9,11-12,15,20H,1,10H2,2-4H3,(H,19,21)/t12-,15-/m0/s1. The van der Waals surface area contributed by atoms with Crippen molar-refractivity contribution >= 4 is 33.5 Å². The number of rotatable bonds is 9. The molecule has 0 aliphatic carbocycles. The zero-order chi connectivity index (χ0) is 19.9. The summed E-state index contributed by atoms with van der Waals surface area (Å²) in [5.74, 6) is -1.73. The van der Waals surface area contributed by atoms with Crippen LogP contribution in [0, 0.1) is 5.92 Å². The summed E-state index contributed by atoms with van der Waals surface area (Å²) >= 11 is 5.76. The highest BCUT2D eigenvalue weighted by Crippen LogP contribution is 2.16. The van der Waals surface area contributed by atoms with Crippen molar-refractivity contribution in [1.82, 2.24) is 10.0 Å². The summed E-state index contributed by atoms with van der Waals surface area (Å²) in [6, 6.07) is 4.39. The van der Waals surface area contributed by atoms with Crippen LogP contribution < -0.4 is 10.0 Å². The average molecular weight is 403 g/mol. The first-order valence-corrected chi connectivity index (χ1v) is 9.81. The molecule has 1 aromatic rings. The van der Waals surface area contributed by atoms with E-state index in [4.69, 9.17) is 16.3 Å². The molecular formula is C17H23ClN2O5S. The van der Waals surface area contributed by atoms with Crippen LogP contribution in [0.4, 0.5) is 0 Å². The third-order valence-corrected chi connectivity index (χ3v) is 5.12. The molecule has 1 aromatic carbocycles. The minimum Gasteiger partial charge on any atom is -0.451 e. The van der Waals surface area contributed by atoms with E-state index < -0.39 is 40.0 Å². The van der Waals surface area contributed by atoms with Crippen LogP contribution in [0.5, 0.6) is 0 Å². The molecule has 0 bridgehead atoms. The molecule has 0 heterocycles. The molecule has 26 heavy (non-hydrogen) atoms. The SMILES string of the molecule is C=CCNC(=O)[C@H](C)OC(=O)[C@@H](NS(=O)(=O)c1ccc(Cl)cc1)C(C)C. The lowest BCUT2D eigenvalue weighted by Crippen LogP contribution is -2.47. The predicted molar refractivity (Wildman–Crippen MR) is 99.2 cm³/mol. The lowest BCUT2D eigenvalue weighted by molar-refractivity contribution is -0.157. The summed E-state index contributed by atoms with van der Waals surface area (Å²) in [6.45, 7) is 8.44. The Bertz CT molecular complexity index is 747. The Kier molecular flexibility index (Phi) is 8.26. The van der Waals surface area contributed by atoms with Gasteiger partial charge in [0, 0.05) is 11.6 Å². The fourth-order valence-corrected chi connectivity index (χ4v) is 3.38. The van der Waals surface area contributed by atoms with Crippen LogP contribution in [-0.2, 0) is 24.3 Å². The smallest absolute Gasteiger partial charge is 0.325 e. The van der Waals surface area contributed by atoms with E-state index in [2.05, 4.69) is 16.6 Å². The zero-order valence-corrected chi connectivity index (χ0v) is 16.4. The summed E-state index contributed by atoms with van der Waals surface area (Å²) in [4.78, 5) is 24.1. The van der Waals surface area contributed by atoms with Crippen LogP contribution in [0.3, 0.4) is 0 Å². The van der Waals surface area contributed by atoms with Gasteiger partial charge in [-0.05, 0) is 37.1 Å². The number of carbonyl (C=O) groups is 2. The first-order valence-electron chi connectivity index (χ1n) is 7.95. The molecule has 0 saturated carbocycles. The van der Waals surface area contributed by atoms with E-state index in [0.717, 1.165) is 0 Å². The molecule has 0 aliphatic rings. The number of carbonyl (C=O) groups excluding carboxylic acids is 2. The topological polar surface area (TPSA) is 102 Å². The minimum absolute atomic E-state index is 0.0304. The first-order chi connectivity index (χ1) is 12.1. The van der Waals surface area contributed by atoms with Crippen molar-refractivity contribution in [1.29, 1.82) is 0 Å². The largest absolute Gasteiger partial charge is 0.451 e. The van der Waals surface area contributed by atoms with E-state index in [0.29, 0.717) is 5.02 Å². The van der Waals surface area contributed by atoms with Gasteiger partial charge in [0.15, 0.2) is 6.10 Å². The lowest BCUT2D eigenvalue weighted by Gasteiger charge is -2.22. The van der Waals surface area contributed by atoms with Crippen molar-refractivity contribution in [2.24, 2.45) is 5.92 Å². The number of hydrogen-bond donors (Lipinski definition) is 2. The van der Waals surface area contributed by atoms with Crippen LogP contribution in [0.25, 0.3) is 0 Å². The van der Waals surface area contributed by atoms with Gasteiger partial charge in [0.25, 0.3) is 5.91 Å². The maximum atomic E-state index is 12.5. The maximum Gasteiger partial charge on any atom is 0.325 e. The van der Waals surface area contributed by atoms with E-state index in [9.17, 15) is 18.0 Å². The third-order valence-electron chi connectivity index (χ3n) is 3.41. The Balaban J connectivity index is 2.87. The molecule has 1 rings (SSSR count). The second-order valence-electron chi connectivity index (χ2n) is 5.91. The first kappa shape index (κ1) is 22.1. The quantitative estimate of drug-likeness (QED) is 0.485. The minimum atomic E-state index is -3.96. The molecule has 144 valence electrons. The van der Waals surface area contributed by atoms with Crippen LogP contribution in [0.1, 0.15) is 20.8 Å².